The smallest absolute Gasteiger partial charge is 0.242 e. The molecule has 1 fully saturated rings. The minimum atomic E-state index is -0.521. The molecule has 0 aliphatic heterocycles. The molecule has 1 saturated carbocycles. The predicted octanol–water partition coefficient (Wildman–Crippen LogP) is 5.69. The summed E-state index contributed by atoms with van der Waals surface area (Å²) in [6.07, 6.45) is 5.98. The second-order valence-electron chi connectivity index (χ2n) is 8.08. The second kappa shape index (κ2) is 12.2. The van der Waals surface area contributed by atoms with E-state index < -0.39 is 6.04 Å². The number of halogens is 1. The van der Waals surface area contributed by atoms with Gasteiger partial charge in [-0.15, -0.1) is 11.8 Å². The largest absolute Gasteiger partial charge is 0.352 e. The molecule has 1 aliphatic carbocycles. The first-order valence-electron chi connectivity index (χ1n) is 11.0. The summed E-state index contributed by atoms with van der Waals surface area (Å²) in [7, 11) is 0. The molecular weight excluding hydrogens is 428 g/mol. The summed E-state index contributed by atoms with van der Waals surface area (Å²) in [6.45, 7) is 2.22. The van der Waals surface area contributed by atoms with E-state index in [9.17, 15) is 9.59 Å². The summed E-state index contributed by atoms with van der Waals surface area (Å²) in [5, 5.41) is 3.83. The van der Waals surface area contributed by atoms with Crippen LogP contribution >= 0.6 is 23.4 Å². The molecule has 2 aromatic carbocycles. The van der Waals surface area contributed by atoms with Gasteiger partial charge in [-0.3, -0.25) is 9.59 Å². The van der Waals surface area contributed by atoms with Crippen molar-refractivity contribution in [1.29, 1.82) is 0 Å². The van der Waals surface area contributed by atoms with Crippen molar-refractivity contribution in [3.8, 4) is 0 Å². The van der Waals surface area contributed by atoms with Crippen LogP contribution in [0.25, 0.3) is 0 Å². The van der Waals surface area contributed by atoms with Crippen molar-refractivity contribution in [2.75, 3.05) is 5.75 Å². The number of hydrogen-bond acceptors (Lipinski definition) is 3. The van der Waals surface area contributed by atoms with E-state index in [2.05, 4.69) is 5.32 Å². The van der Waals surface area contributed by atoms with Gasteiger partial charge in [0.2, 0.25) is 11.8 Å². The van der Waals surface area contributed by atoms with E-state index in [4.69, 9.17) is 11.6 Å². The van der Waals surface area contributed by atoms with E-state index in [1.54, 1.807) is 16.7 Å². The average Bonchev–Trinajstić information content (AvgIpc) is 2.79. The molecule has 0 bridgehead atoms. The van der Waals surface area contributed by atoms with Crippen molar-refractivity contribution in [2.45, 2.75) is 69.0 Å². The van der Waals surface area contributed by atoms with E-state index in [1.807, 2.05) is 61.5 Å². The SMILES string of the molecule is CC(C(=O)NC1CCCCC1)N(Cc1ccc(Cl)cc1)C(=O)CCSc1ccccc1. The lowest BCUT2D eigenvalue weighted by Gasteiger charge is -2.31. The summed E-state index contributed by atoms with van der Waals surface area (Å²) >= 11 is 7.67. The molecule has 2 amide bonds. The van der Waals surface area contributed by atoms with E-state index in [0.29, 0.717) is 23.7 Å². The third-order valence-corrected chi connectivity index (χ3v) is 6.98. The van der Waals surface area contributed by atoms with Crippen molar-refractivity contribution in [2.24, 2.45) is 0 Å². The van der Waals surface area contributed by atoms with E-state index in [0.717, 1.165) is 36.1 Å². The zero-order chi connectivity index (χ0) is 22.1. The molecule has 3 rings (SSSR count). The van der Waals surface area contributed by atoms with Gasteiger partial charge < -0.3 is 10.2 Å². The number of thioether (sulfide) groups is 1. The normalized spacial score (nSPS) is 15.3. The Morgan fingerprint density at radius 3 is 2.42 bits per heavy atom. The number of rotatable bonds is 9. The molecule has 0 radical (unpaired) electrons. The van der Waals surface area contributed by atoms with Crippen LogP contribution in [-0.4, -0.2) is 34.6 Å². The van der Waals surface area contributed by atoms with Crippen LogP contribution in [0.3, 0.4) is 0 Å². The fraction of sp³-hybridized carbons (Fsp3) is 0.440. The van der Waals surface area contributed by atoms with Crippen LogP contribution in [0.5, 0.6) is 0 Å². The second-order valence-corrected chi connectivity index (χ2v) is 9.68. The van der Waals surface area contributed by atoms with Gasteiger partial charge in [0.05, 0.1) is 0 Å². The summed E-state index contributed by atoms with van der Waals surface area (Å²) in [5.41, 5.74) is 0.964. The number of hydrogen-bond donors (Lipinski definition) is 1. The summed E-state index contributed by atoms with van der Waals surface area (Å²) in [4.78, 5) is 29.0. The summed E-state index contributed by atoms with van der Waals surface area (Å²) in [5.74, 6) is 0.603. The number of nitrogens with zero attached hydrogens (tertiary/aromatic N) is 1. The predicted molar refractivity (Wildman–Crippen MR) is 128 cm³/mol. The quantitative estimate of drug-likeness (QED) is 0.491. The lowest BCUT2D eigenvalue weighted by atomic mass is 9.95. The van der Waals surface area contributed by atoms with Crippen LogP contribution in [0.1, 0.15) is 51.0 Å². The third-order valence-electron chi connectivity index (χ3n) is 5.71. The molecule has 2 aromatic rings. The number of amides is 2. The molecular formula is C25H31ClN2O2S. The monoisotopic (exact) mass is 458 g/mol. The molecule has 0 saturated heterocycles. The maximum Gasteiger partial charge on any atom is 0.242 e. The highest BCUT2D eigenvalue weighted by Gasteiger charge is 2.27. The van der Waals surface area contributed by atoms with Gasteiger partial charge in [0.25, 0.3) is 0 Å². The maximum atomic E-state index is 13.1. The number of benzene rings is 2. The lowest BCUT2D eigenvalue weighted by molar-refractivity contribution is -0.140. The van der Waals surface area contributed by atoms with Gasteiger partial charge in [0, 0.05) is 34.7 Å². The van der Waals surface area contributed by atoms with Crippen LogP contribution in [-0.2, 0) is 16.1 Å². The Hall–Kier alpha value is -1.98. The lowest BCUT2D eigenvalue weighted by Crippen LogP contribution is -2.50. The van der Waals surface area contributed by atoms with Gasteiger partial charge in [-0.2, -0.15) is 0 Å². The topological polar surface area (TPSA) is 49.4 Å². The first kappa shape index (κ1) is 23.7. The molecule has 166 valence electrons. The molecule has 31 heavy (non-hydrogen) atoms. The van der Waals surface area contributed by atoms with E-state index >= 15 is 0 Å². The molecule has 0 heterocycles. The summed E-state index contributed by atoms with van der Waals surface area (Å²) < 4.78 is 0. The molecule has 6 heteroatoms. The average molecular weight is 459 g/mol. The summed E-state index contributed by atoms with van der Waals surface area (Å²) in [6, 6.07) is 17.2. The van der Waals surface area contributed by atoms with Gasteiger partial charge >= 0.3 is 0 Å². The Balaban J connectivity index is 1.64. The Bertz CT molecular complexity index is 838. The molecule has 1 aliphatic rings. The highest BCUT2D eigenvalue weighted by atomic mass is 35.5. The standard InChI is InChI=1S/C25H31ClN2O2S/c1-19(25(30)27-22-8-4-2-5-9-22)28(18-20-12-14-21(26)15-13-20)24(29)16-17-31-23-10-6-3-7-11-23/h3,6-7,10-15,19,22H,2,4-5,8-9,16-18H2,1H3,(H,27,30). The van der Waals surface area contributed by atoms with Gasteiger partial charge in [0.15, 0.2) is 0 Å². The third kappa shape index (κ3) is 7.58. The van der Waals surface area contributed by atoms with E-state index in [1.165, 1.54) is 6.42 Å². The van der Waals surface area contributed by atoms with Crippen molar-refractivity contribution in [3.63, 3.8) is 0 Å². The Morgan fingerprint density at radius 1 is 1.06 bits per heavy atom. The fourth-order valence-corrected chi connectivity index (χ4v) is 4.84. The van der Waals surface area contributed by atoms with Crippen molar-refractivity contribution in [3.05, 3.63) is 65.2 Å². The van der Waals surface area contributed by atoms with Crippen LogP contribution in [0.15, 0.2) is 59.5 Å². The van der Waals surface area contributed by atoms with Crippen LogP contribution in [0, 0.1) is 0 Å². The van der Waals surface area contributed by atoms with E-state index in [-0.39, 0.29) is 17.9 Å². The Kier molecular flexibility index (Phi) is 9.29. The van der Waals surface area contributed by atoms with Crippen molar-refractivity contribution in [1.82, 2.24) is 10.2 Å². The first-order valence-corrected chi connectivity index (χ1v) is 12.4. The number of nitrogens with one attached hydrogen (secondary N) is 1. The fourth-order valence-electron chi connectivity index (χ4n) is 3.85. The maximum absolute atomic E-state index is 13.1. The Labute approximate surface area is 194 Å². The Morgan fingerprint density at radius 2 is 1.74 bits per heavy atom. The zero-order valence-corrected chi connectivity index (χ0v) is 19.6. The highest BCUT2D eigenvalue weighted by molar-refractivity contribution is 7.99. The number of carbonyl (C=O) groups excluding carboxylic acids is 2. The van der Waals surface area contributed by atoms with Crippen LogP contribution in [0.2, 0.25) is 5.02 Å². The van der Waals surface area contributed by atoms with Crippen LogP contribution in [0.4, 0.5) is 0 Å². The first-order chi connectivity index (χ1) is 15.0. The number of carbonyl (C=O) groups is 2. The zero-order valence-electron chi connectivity index (χ0n) is 18.1. The molecule has 0 aromatic heterocycles. The van der Waals surface area contributed by atoms with Gasteiger partial charge in [-0.05, 0) is 49.6 Å². The molecule has 1 unspecified atom stereocenters. The van der Waals surface area contributed by atoms with Crippen LogP contribution < -0.4 is 5.32 Å². The van der Waals surface area contributed by atoms with Gasteiger partial charge in [0.1, 0.15) is 6.04 Å². The van der Waals surface area contributed by atoms with Crippen molar-refractivity contribution >= 4 is 35.2 Å². The van der Waals surface area contributed by atoms with Gasteiger partial charge in [-0.1, -0.05) is 61.2 Å². The van der Waals surface area contributed by atoms with Gasteiger partial charge in [-0.25, -0.2) is 0 Å². The molecule has 4 nitrogen and oxygen atoms in total. The molecule has 1 N–H and O–H groups in total. The highest BCUT2D eigenvalue weighted by Crippen LogP contribution is 2.21. The minimum Gasteiger partial charge on any atom is -0.352 e. The minimum absolute atomic E-state index is 0.00956. The van der Waals surface area contributed by atoms with Crippen molar-refractivity contribution < 1.29 is 9.59 Å². The molecule has 0 spiro atoms. The molecule has 1 atom stereocenters.